The van der Waals surface area contributed by atoms with Crippen molar-refractivity contribution in [3.8, 4) is 17.3 Å². The van der Waals surface area contributed by atoms with Gasteiger partial charge in [0.05, 0.1) is 17.8 Å². The SMILES string of the molecule is O=C(Nc1ccc(-n2cccn2)nc1)C1c2ccccc2Oc2ccccc21. The first-order valence-corrected chi connectivity index (χ1v) is 8.92. The summed E-state index contributed by atoms with van der Waals surface area (Å²) in [7, 11) is 0. The Bertz CT molecular complexity index is 1090. The molecule has 1 aliphatic rings. The molecule has 0 aliphatic carbocycles. The number of hydrogen-bond donors (Lipinski definition) is 1. The van der Waals surface area contributed by atoms with Crippen LogP contribution in [0.15, 0.2) is 85.3 Å². The summed E-state index contributed by atoms with van der Waals surface area (Å²) in [4.78, 5) is 17.6. The fraction of sp³-hybridized carbons (Fsp3) is 0.0455. The van der Waals surface area contributed by atoms with Gasteiger partial charge in [0.1, 0.15) is 11.5 Å². The first-order valence-electron chi connectivity index (χ1n) is 8.92. The Balaban J connectivity index is 1.46. The van der Waals surface area contributed by atoms with Crippen LogP contribution in [0.1, 0.15) is 17.0 Å². The highest BCUT2D eigenvalue weighted by molar-refractivity contribution is 5.99. The topological polar surface area (TPSA) is 69.0 Å². The summed E-state index contributed by atoms with van der Waals surface area (Å²) >= 11 is 0. The molecule has 2 aromatic heterocycles. The van der Waals surface area contributed by atoms with Crippen molar-refractivity contribution < 1.29 is 9.53 Å². The Morgan fingerprint density at radius 3 is 2.25 bits per heavy atom. The van der Waals surface area contributed by atoms with E-state index in [9.17, 15) is 4.79 Å². The molecule has 4 aromatic rings. The second-order valence-electron chi connectivity index (χ2n) is 6.46. The van der Waals surface area contributed by atoms with Crippen LogP contribution in [0.5, 0.6) is 11.5 Å². The number of carbonyl (C=O) groups is 1. The van der Waals surface area contributed by atoms with E-state index in [1.165, 1.54) is 0 Å². The van der Waals surface area contributed by atoms with Crippen molar-refractivity contribution in [2.24, 2.45) is 0 Å². The lowest BCUT2D eigenvalue weighted by molar-refractivity contribution is -0.116. The Kier molecular flexibility index (Phi) is 3.87. The normalized spacial score (nSPS) is 12.6. The number of benzene rings is 2. The second kappa shape index (κ2) is 6.66. The van der Waals surface area contributed by atoms with Crippen molar-refractivity contribution in [1.29, 1.82) is 0 Å². The summed E-state index contributed by atoms with van der Waals surface area (Å²) in [6.07, 6.45) is 5.14. The summed E-state index contributed by atoms with van der Waals surface area (Å²) < 4.78 is 7.63. The van der Waals surface area contributed by atoms with Crippen molar-refractivity contribution in [2.75, 3.05) is 5.32 Å². The van der Waals surface area contributed by atoms with Crippen LogP contribution in [0.25, 0.3) is 5.82 Å². The van der Waals surface area contributed by atoms with Crippen LogP contribution in [-0.2, 0) is 4.79 Å². The molecule has 1 aliphatic heterocycles. The van der Waals surface area contributed by atoms with Gasteiger partial charge in [-0.3, -0.25) is 4.79 Å². The number of carbonyl (C=O) groups excluding carboxylic acids is 1. The maximum Gasteiger partial charge on any atom is 0.236 e. The smallest absolute Gasteiger partial charge is 0.236 e. The highest BCUT2D eigenvalue weighted by Gasteiger charge is 2.32. The Hall–Kier alpha value is -3.93. The maximum absolute atomic E-state index is 13.2. The predicted molar refractivity (Wildman–Crippen MR) is 105 cm³/mol. The number of hydrogen-bond acceptors (Lipinski definition) is 4. The number of rotatable bonds is 3. The standard InChI is InChI=1S/C22H16N4O2/c27-22(25-15-10-11-20(23-14-15)26-13-5-12-24-26)21-16-6-1-3-8-18(16)28-19-9-4-2-7-17(19)21/h1-14,21H,(H,25,27). The molecule has 0 saturated carbocycles. The summed E-state index contributed by atoms with van der Waals surface area (Å²) in [5.74, 6) is 1.51. The van der Waals surface area contributed by atoms with Gasteiger partial charge in [-0.25, -0.2) is 9.67 Å². The van der Waals surface area contributed by atoms with E-state index in [1.807, 2.05) is 72.9 Å². The number of anilines is 1. The second-order valence-corrected chi connectivity index (χ2v) is 6.46. The van der Waals surface area contributed by atoms with Gasteiger partial charge in [-0.2, -0.15) is 5.10 Å². The van der Waals surface area contributed by atoms with E-state index in [4.69, 9.17) is 4.74 Å². The first-order chi connectivity index (χ1) is 13.8. The zero-order chi connectivity index (χ0) is 18.9. The molecule has 0 fully saturated rings. The van der Waals surface area contributed by atoms with E-state index in [1.54, 1.807) is 17.1 Å². The summed E-state index contributed by atoms with van der Waals surface area (Å²) in [6.45, 7) is 0. The fourth-order valence-corrected chi connectivity index (χ4v) is 3.41. The van der Waals surface area contributed by atoms with E-state index in [2.05, 4.69) is 15.4 Å². The molecule has 6 nitrogen and oxygen atoms in total. The molecule has 0 bridgehead atoms. The molecule has 0 radical (unpaired) electrons. The summed E-state index contributed by atoms with van der Waals surface area (Å²) in [5.41, 5.74) is 2.32. The van der Waals surface area contributed by atoms with Gasteiger partial charge in [0.15, 0.2) is 5.82 Å². The molecule has 0 spiro atoms. The van der Waals surface area contributed by atoms with Gasteiger partial charge >= 0.3 is 0 Å². The number of fused-ring (bicyclic) bond motifs is 2. The van der Waals surface area contributed by atoms with Gasteiger partial charge in [-0.1, -0.05) is 36.4 Å². The third kappa shape index (κ3) is 2.81. The third-order valence-corrected chi connectivity index (χ3v) is 4.70. The van der Waals surface area contributed by atoms with E-state index in [0.717, 1.165) is 11.1 Å². The number of ether oxygens (including phenoxy) is 1. The number of pyridine rings is 1. The quantitative estimate of drug-likeness (QED) is 0.590. The minimum absolute atomic E-state index is 0.128. The molecule has 136 valence electrons. The molecule has 2 aromatic carbocycles. The minimum Gasteiger partial charge on any atom is -0.457 e. The molecule has 1 N–H and O–H groups in total. The molecular weight excluding hydrogens is 352 g/mol. The molecule has 28 heavy (non-hydrogen) atoms. The first kappa shape index (κ1) is 16.3. The predicted octanol–water partition coefficient (Wildman–Crippen LogP) is 4.14. The average molecular weight is 368 g/mol. The maximum atomic E-state index is 13.2. The molecule has 6 heteroatoms. The fourth-order valence-electron chi connectivity index (χ4n) is 3.41. The van der Waals surface area contributed by atoms with E-state index >= 15 is 0 Å². The van der Waals surface area contributed by atoms with Crippen LogP contribution >= 0.6 is 0 Å². The van der Waals surface area contributed by atoms with Crippen LogP contribution in [-0.4, -0.2) is 20.7 Å². The van der Waals surface area contributed by atoms with Gasteiger partial charge in [0.25, 0.3) is 0 Å². The van der Waals surface area contributed by atoms with Gasteiger partial charge in [-0.15, -0.1) is 0 Å². The van der Waals surface area contributed by atoms with Crippen LogP contribution in [0.3, 0.4) is 0 Å². The Morgan fingerprint density at radius 2 is 1.64 bits per heavy atom. The molecule has 1 amide bonds. The third-order valence-electron chi connectivity index (χ3n) is 4.70. The number of nitrogens with one attached hydrogen (secondary N) is 1. The Morgan fingerprint density at radius 1 is 0.929 bits per heavy atom. The highest BCUT2D eigenvalue weighted by atomic mass is 16.5. The number of aromatic nitrogens is 3. The number of nitrogens with zero attached hydrogens (tertiary/aromatic N) is 3. The van der Waals surface area contributed by atoms with Crippen molar-refractivity contribution in [2.45, 2.75) is 5.92 Å². The average Bonchev–Trinajstić information content (AvgIpc) is 3.27. The van der Waals surface area contributed by atoms with Gasteiger partial charge in [-0.05, 0) is 30.3 Å². The lowest BCUT2D eigenvalue weighted by atomic mass is 9.87. The zero-order valence-electron chi connectivity index (χ0n) is 14.8. The number of para-hydroxylation sites is 2. The summed E-state index contributed by atoms with van der Waals surface area (Å²) in [5, 5.41) is 7.13. The molecule has 5 rings (SSSR count). The van der Waals surface area contributed by atoms with Crippen molar-refractivity contribution in [1.82, 2.24) is 14.8 Å². The van der Waals surface area contributed by atoms with E-state index < -0.39 is 5.92 Å². The zero-order valence-corrected chi connectivity index (χ0v) is 14.8. The number of amides is 1. The van der Waals surface area contributed by atoms with E-state index in [-0.39, 0.29) is 5.91 Å². The van der Waals surface area contributed by atoms with Gasteiger partial charge in [0, 0.05) is 23.5 Å². The van der Waals surface area contributed by atoms with Crippen LogP contribution in [0.2, 0.25) is 0 Å². The van der Waals surface area contributed by atoms with Crippen LogP contribution in [0, 0.1) is 0 Å². The molecule has 0 saturated heterocycles. The van der Waals surface area contributed by atoms with Crippen molar-refractivity contribution in [3.63, 3.8) is 0 Å². The summed E-state index contributed by atoms with van der Waals surface area (Å²) in [6, 6.07) is 20.7. The van der Waals surface area contributed by atoms with E-state index in [0.29, 0.717) is 23.0 Å². The van der Waals surface area contributed by atoms with Crippen molar-refractivity contribution in [3.05, 3.63) is 96.4 Å². The highest BCUT2D eigenvalue weighted by Crippen LogP contribution is 2.44. The Labute approximate surface area is 161 Å². The molecule has 0 atom stereocenters. The van der Waals surface area contributed by atoms with Crippen LogP contribution < -0.4 is 10.1 Å². The van der Waals surface area contributed by atoms with Crippen LogP contribution in [0.4, 0.5) is 5.69 Å². The lowest BCUT2D eigenvalue weighted by Gasteiger charge is -2.27. The minimum atomic E-state index is -0.452. The van der Waals surface area contributed by atoms with Crippen molar-refractivity contribution >= 4 is 11.6 Å². The largest absolute Gasteiger partial charge is 0.457 e. The molecule has 0 unspecified atom stereocenters. The van der Waals surface area contributed by atoms with Gasteiger partial charge < -0.3 is 10.1 Å². The molecular formula is C22H16N4O2. The monoisotopic (exact) mass is 368 g/mol. The van der Waals surface area contributed by atoms with Gasteiger partial charge in [0.2, 0.25) is 5.91 Å². The molecule has 3 heterocycles. The lowest BCUT2D eigenvalue weighted by Crippen LogP contribution is -2.25.